The number of aliphatic carboxylic acids is 1. The zero-order valence-corrected chi connectivity index (χ0v) is 46.0. The van der Waals surface area contributed by atoms with Gasteiger partial charge in [0.2, 0.25) is 12.2 Å². The molecule has 444 valence electrons. The number of esters is 3. The first-order chi connectivity index (χ1) is 37.0. The number of unbranched alkanes of at least 4 members (excludes halogenated alkanes) is 5. The molecule has 0 bridgehead atoms. The Morgan fingerprint density at radius 1 is 0.756 bits per heavy atom. The van der Waals surface area contributed by atoms with Crippen LogP contribution >= 0.6 is 0 Å². The van der Waals surface area contributed by atoms with Crippen molar-refractivity contribution in [3.8, 4) is 0 Å². The first kappa shape index (κ1) is 64.3. The topological polar surface area (TPSA) is 366 Å². The molecule has 1 aromatic rings. The molecule has 78 heavy (non-hydrogen) atoms. The van der Waals surface area contributed by atoms with Crippen molar-refractivity contribution in [1.29, 1.82) is 0 Å². The van der Waals surface area contributed by atoms with Crippen molar-refractivity contribution in [1.82, 2.24) is 19.4 Å². The zero-order valence-electron chi connectivity index (χ0n) is 46.0. The minimum Gasteiger partial charge on any atom is -0.480 e. The number of methoxy groups -OCH3 is 3. The zero-order chi connectivity index (χ0) is 57.7. The normalized spacial score (nSPS) is 32.9. The highest BCUT2D eigenvalue weighted by atomic mass is 16.7. The van der Waals surface area contributed by atoms with Crippen LogP contribution in [0.4, 0.5) is 0 Å². The number of aliphatic hydroxyl groups is 4. The van der Waals surface area contributed by atoms with Crippen LogP contribution in [0.3, 0.4) is 0 Å². The van der Waals surface area contributed by atoms with Crippen molar-refractivity contribution in [2.75, 3.05) is 48.5 Å². The summed E-state index contributed by atoms with van der Waals surface area (Å²) in [4.78, 5) is 97.4. The molecule has 1 amide bonds. The third-order valence-electron chi connectivity index (χ3n) is 14.8. The molecule has 4 saturated heterocycles. The second-order valence-corrected chi connectivity index (χ2v) is 21.2. The molecule has 0 spiro atoms. The Morgan fingerprint density at radius 3 is 1.96 bits per heavy atom. The van der Waals surface area contributed by atoms with Crippen LogP contribution in [0.1, 0.15) is 105 Å². The monoisotopic (exact) mass is 1120 g/mol. The van der Waals surface area contributed by atoms with Gasteiger partial charge in [0.25, 0.3) is 5.56 Å². The number of ether oxygens (including phenoxy) is 10. The van der Waals surface area contributed by atoms with Crippen LogP contribution in [-0.2, 0) is 71.3 Å². The van der Waals surface area contributed by atoms with Crippen LogP contribution in [-0.4, -0.2) is 227 Å². The lowest BCUT2D eigenvalue weighted by molar-refractivity contribution is -0.297. The number of carbonyl (C=O) groups is 5. The van der Waals surface area contributed by atoms with Gasteiger partial charge in [-0.05, 0) is 38.6 Å². The molecule has 0 aliphatic carbocycles. The van der Waals surface area contributed by atoms with Crippen molar-refractivity contribution in [2.45, 2.75) is 209 Å². The fourth-order valence-electron chi connectivity index (χ4n) is 10.6. The third kappa shape index (κ3) is 16.3. The highest BCUT2D eigenvalue weighted by molar-refractivity contribution is 5.88. The van der Waals surface area contributed by atoms with Gasteiger partial charge < -0.3 is 83.5 Å². The van der Waals surface area contributed by atoms with Crippen LogP contribution in [0.2, 0.25) is 0 Å². The van der Waals surface area contributed by atoms with Gasteiger partial charge in [0.1, 0.15) is 79.3 Å². The molecule has 4 fully saturated rings. The van der Waals surface area contributed by atoms with Gasteiger partial charge in [-0.2, -0.15) is 0 Å². The molecular formula is C51H83N5O22. The number of amides is 1. The van der Waals surface area contributed by atoms with E-state index in [2.05, 4.69) is 13.8 Å². The average molecular weight is 1120 g/mol. The molecule has 27 heteroatoms. The molecule has 19 atom stereocenters. The Hall–Kier alpha value is -4.49. The smallest absolute Gasteiger partial charge is 0.330 e. The van der Waals surface area contributed by atoms with E-state index >= 15 is 0 Å². The Labute approximate surface area is 452 Å². The van der Waals surface area contributed by atoms with Crippen LogP contribution in [0, 0.1) is 11.8 Å². The largest absolute Gasteiger partial charge is 0.480 e. The molecule has 5 rings (SSSR count). The van der Waals surface area contributed by atoms with E-state index in [-0.39, 0.29) is 25.8 Å². The summed E-state index contributed by atoms with van der Waals surface area (Å²) in [5.74, 6) is -4.99. The van der Waals surface area contributed by atoms with Gasteiger partial charge in [-0.1, -0.05) is 59.3 Å². The molecule has 9 unspecified atom stereocenters. The maximum Gasteiger partial charge on any atom is 0.330 e. The third-order valence-corrected chi connectivity index (χ3v) is 14.8. The number of likely N-dealkylation sites (N-methyl/N-ethyl adjacent to an activating group) is 2. The first-order valence-electron chi connectivity index (χ1n) is 26.7. The highest BCUT2D eigenvalue weighted by Gasteiger charge is 2.57. The second-order valence-electron chi connectivity index (χ2n) is 21.2. The predicted molar refractivity (Wildman–Crippen MR) is 270 cm³/mol. The van der Waals surface area contributed by atoms with Gasteiger partial charge in [-0.3, -0.25) is 38.4 Å². The summed E-state index contributed by atoms with van der Waals surface area (Å²) in [5, 5.41) is 55.1. The van der Waals surface area contributed by atoms with Gasteiger partial charge in [0.15, 0.2) is 18.6 Å². The van der Waals surface area contributed by atoms with E-state index in [1.165, 1.54) is 33.3 Å². The Balaban J connectivity index is 1.33. The maximum atomic E-state index is 14.7. The van der Waals surface area contributed by atoms with Crippen molar-refractivity contribution in [3.05, 3.63) is 33.1 Å². The second kappa shape index (κ2) is 29.8. The Morgan fingerprint density at radius 2 is 1.37 bits per heavy atom. The van der Waals surface area contributed by atoms with Crippen molar-refractivity contribution < 1.29 is 96.9 Å². The predicted octanol–water partition coefficient (Wildman–Crippen LogP) is -1.09. The van der Waals surface area contributed by atoms with Crippen LogP contribution in [0.5, 0.6) is 0 Å². The Bertz CT molecular complexity index is 2230. The van der Waals surface area contributed by atoms with E-state index in [0.717, 1.165) is 67.3 Å². The number of hydrogen-bond acceptors (Lipinski definition) is 23. The summed E-state index contributed by atoms with van der Waals surface area (Å²) in [6.07, 6.45) is -15.0. The average Bonchev–Trinajstić information content (AvgIpc) is 3.86. The fraction of sp³-hybridized carbons (Fsp3) is 0.824. The van der Waals surface area contributed by atoms with E-state index in [9.17, 15) is 59.1 Å². The summed E-state index contributed by atoms with van der Waals surface area (Å²) >= 11 is 0. The SMILES string of the molecule is COC1C(C)OC(OC(=O)CC(C)CC(=O)OC(CCCCCCCCC(C)C)CC(=O)O[C@H]2CN(C)[C@@H]([C@H](O[C@@H]3O[C@H](CN)C(O)[C@@H]3O)[C@H]3O[C@@H](n4ccc(=O)[nH]c4=O)[C@@H](O)C3O)C(=O)N(C)[C@@H]2C(=O)O)C(OC)C1OC. The minimum absolute atomic E-state index is 0.216. The molecule has 0 radical (unpaired) electrons. The van der Waals surface area contributed by atoms with Gasteiger partial charge in [0.05, 0.1) is 12.5 Å². The lowest BCUT2D eigenvalue weighted by Crippen LogP contribution is -2.59. The minimum atomic E-state index is -1.97. The van der Waals surface area contributed by atoms with Crippen molar-refractivity contribution >= 4 is 29.8 Å². The van der Waals surface area contributed by atoms with Gasteiger partial charge in [-0.25, -0.2) is 9.59 Å². The number of nitrogens with two attached hydrogens (primary N) is 1. The first-order valence-corrected chi connectivity index (χ1v) is 26.7. The van der Waals surface area contributed by atoms with Crippen LogP contribution < -0.4 is 17.0 Å². The van der Waals surface area contributed by atoms with Crippen molar-refractivity contribution in [2.24, 2.45) is 17.6 Å². The maximum absolute atomic E-state index is 14.7. The van der Waals surface area contributed by atoms with E-state index in [4.69, 9.17) is 53.1 Å². The number of nitrogens with one attached hydrogen (secondary N) is 1. The number of carboxylic acids is 1. The summed E-state index contributed by atoms with van der Waals surface area (Å²) in [5.41, 5.74) is 3.94. The van der Waals surface area contributed by atoms with E-state index in [1.54, 1.807) is 13.8 Å². The summed E-state index contributed by atoms with van der Waals surface area (Å²) in [7, 11) is 6.87. The number of carboxylic acid groups (broad SMARTS) is 1. The lowest BCUT2D eigenvalue weighted by atomic mass is 9.97. The van der Waals surface area contributed by atoms with Crippen molar-refractivity contribution in [3.63, 3.8) is 0 Å². The molecule has 1 aromatic heterocycles. The number of aliphatic hydroxyl groups excluding tert-OH is 4. The number of carbonyl (C=O) groups excluding carboxylic acids is 4. The lowest BCUT2D eigenvalue weighted by Gasteiger charge is -2.43. The summed E-state index contributed by atoms with van der Waals surface area (Å²) < 4.78 is 58.7. The molecular weight excluding hydrogens is 1030 g/mol. The Kier molecular flexibility index (Phi) is 24.6. The van der Waals surface area contributed by atoms with E-state index < -0.39 is 170 Å². The standard InChI is InChI=1S/C51H83N5O22/c1-25(2)16-14-12-10-11-13-15-17-28(73-32(58)20-26(3)21-33(59)76-50-45(71-9)44(70-8)41(69-7)27(4)72-50)22-34(60)74-30-24-54(5)36(46(65)55(6)35(30)48(66)67)42(78-49-40(64)37(61)29(23-52)75-49)43-38(62)39(63)47(77-43)56-19-18-31(57)53-51(56)68/h18-19,25-30,35-45,47,49-50,61-64H,10-17,20-24,52H2,1-9H3,(H,66,67)(H,53,57,68)/t26?,27?,28?,29-,30+,35+,36+,37?,38?,39+,40+,41?,42+,43+,44?,45?,47-,49+,50?/m1/s1. The molecule has 8 N–H and O–H groups in total. The van der Waals surface area contributed by atoms with E-state index in [0.29, 0.717) is 12.3 Å². The molecule has 4 aliphatic heterocycles. The number of aromatic nitrogens is 2. The highest BCUT2D eigenvalue weighted by Crippen LogP contribution is 2.37. The summed E-state index contributed by atoms with van der Waals surface area (Å²) in [6.45, 7) is 6.93. The van der Waals surface area contributed by atoms with Gasteiger partial charge >= 0.3 is 29.6 Å². The quantitative estimate of drug-likeness (QED) is 0.0298. The number of rotatable bonds is 28. The van der Waals surface area contributed by atoms with Crippen LogP contribution in [0.25, 0.3) is 0 Å². The molecule has 4 aliphatic rings. The number of H-pyrrole nitrogens is 1. The van der Waals surface area contributed by atoms with Gasteiger partial charge in [-0.15, -0.1) is 0 Å². The summed E-state index contributed by atoms with van der Waals surface area (Å²) in [6, 6.07) is -2.60. The molecule has 27 nitrogen and oxygen atoms in total. The van der Waals surface area contributed by atoms with E-state index in [1.807, 2.05) is 4.98 Å². The molecule has 5 heterocycles. The van der Waals surface area contributed by atoms with Gasteiger partial charge in [0, 0.05) is 66.6 Å². The fourth-order valence-corrected chi connectivity index (χ4v) is 10.6. The van der Waals surface area contributed by atoms with Crippen LogP contribution in [0.15, 0.2) is 21.9 Å². The number of aromatic amines is 1. The number of nitrogens with zero attached hydrogens (tertiary/aromatic N) is 3. The number of hydrogen-bond donors (Lipinski definition) is 7. The molecule has 0 aromatic carbocycles. The molecule has 0 saturated carbocycles.